The number of ether oxygens (including phenoxy) is 1. The quantitative estimate of drug-likeness (QED) is 0.766. The van der Waals surface area contributed by atoms with E-state index >= 15 is 0 Å². The fourth-order valence-electron chi connectivity index (χ4n) is 2.67. The molecule has 0 saturated carbocycles. The number of nitrogens with one attached hydrogen (secondary N) is 1. The second kappa shape index (κ2) is 8.13. The number of nitrogens with zero attached hydrogens (tertiary/aromatic N) is 4. The number of hydrogen-bond acceptors (Lipinski definition) is 7. The van der Waals surface area contributed by atoms with Crippen molar-refractivity contribution in [1.29, 1.82) is 0 Å². The Kier molecular flexibility index (Phi) is 5.87. The van der Waals surface area contributed by atoms with Gasteiger partial charge in [0.15, 0.2) is 5.16 Å². The lowest BCUT2D eigenvalue weighted by Gasteiger charge is -2.27. The van der Waals surface area contributed by atoms with Crippen molar-refractivity contribution in [3.05, 3.63) is 24.2 Å². The maximum Gasteiger partial charge on any atom is 0.230 e. The molecule has 2 aromatic rings. The summed E-state index contributed by atoms with van der Waals surface area (Å²) >= 11 is 1.38. The van der Waals surface area contributed by atoms with E-state index in [0.717, 1.165) is 24.8 Å². The van der Waals surface area contributed by atoms with Crippen LogP contribution in [0.4, 0.5) is 5.95 Å². The normalized spacial score (nSPS) is 15.3. The fourth-order valence-corrected chi connectivity index (χ4v) is 3.40. The third-order valence-corrected chi connectivity index (χ3v) is 4.70. The van der Waals surface area contributed by atoms with Crippen molar-refractivity contribution in [3.8, 4) is 0 Å². The van der Waals surface area contributed by atoms with Crippen LogP contribution in [0.3, 0.4) is 0 Å². The molecule has 1 saturated heterocycles. The Morgan fingerprint density at radius 2 is 2.08 bits per heavy atom. The predicted octanol–water partition coefficient (Wildman–Crippen LogP) is 1.76. The van der Waals surface area contributed by atoms with Gasteiger partial charge in [-0.2, -0.15) is 0 Å². The van der Waals surface area contributed by atoms with E-state index in [9.17, 15) is 4.79 Å². The smallest absolute Gasteiger partial charge is 0.230 e. The molecular formula is C17H25N5O3S. The van der Waals surface area contributed by atoms with Gasteiger partial charge in [0.25, 0.3) is 0 Å². The molecule has 8 nitrogen and oxygen atoms in total. The Balaban J connectivity index is 1.75. The van der Waals surface area contributed by atoms with Crippen LogP contribution in [0.2, 0.25) is 0 Å². The van der Waals surface area contributed by atoms with Crippen molar-refractivity contribution in [2.24, 2.45) is 0 Å². The van der Waals surface area contributed by atoms with E-state index in [1.807, 2.05) is 37.5 Å². The molecule has 0 atom stereocenters. The Morgan fingerprint density at radius 3 is 2.73 bits per heavy atom. The second-order valence-electron chi connectivity index (χ2n) is 7.13. The Hall–Kier alpha value is -2.00. The second-order valence-corrected chi connectivity index (χ2v) is 8.08. The zero-order valence-corrected chi connectivity index (χ0v) is 16.2. The average molecular weight is 379 g/mol. The molecule has 9 heteroatoms. The lowest BCUT2D eigenvalue weighted by Crippen LogP contribution is -2.41. The van der Waals surface area contributed by atoms with Gasteiger partial charge in [0, 0.05) is 18.6 Å². The van der Waals surface area contributed by atoms with Crippen LogP contribution in [0.15, 0.2) is 28.0 Å². The van der Waals surface area contributed by atoms with Crippen molar-refractivity contribution < 1.29 is 13.9 Å². The van der Waals surface area contributed by atoms with Gasteiger partial charge in [0.2, 0.25) is 11.9 Å². The van der Waals surface area contributed by atoms with Crippen LogP contribution >= 0.6 is 11.8 Å². The summed E-state index contributed by atoms with van der Waals surface area (Å²) in [5.74, 6) is 1.86. The van der Waals surface area contributed by atoms with Crippen LogP contribution < -0.4 is 10.2 Å². The van der Waals surface area contributed by atoms with Gasteiger partial charge in [-0.25, -0.2) is 0 Å². The zero-order valence-electron chi connectivity index (χ0n) is 15.4. The Labute approximate surface area is 157 Å². The maximum atomic E-state index is 12.1. The first-order valence-electron chi connectivity index (χ1n) is 8.64. The first-order chi connectivity index (χ1) is 12.4. The van der Waals surface area contributed by atoms with E-state index in [1.165, 1.54) is 11.8 Å². The monoisotopic (exact) mass is 379 g/mol. The van der Waals surface area contributed by atoms with E-state index in [0.29, 0.717) is 24.9 Å². The molecule has 0 unspecified atom stereocenters. The average Bonchev–Trinajstić information content (AvgIpc) is 3.23. The Bertz CT molecular complexity index is 717. The standard InChI is InChI=1S/C17H25N5O3S/c1-17(2,3)18-14(23)12-26-16-20-19-15(21-6-9-24-10-7-21)22(16)11-13-5-4-8-25-13/h4-5,8H,6-7,9-12H2,1-3H3,(H,18,23). The van der Waals surface area contributed by atoms with Gasteiger partial charge in [-0.1, -0.05) is 11.8 Å². The predicted molar refractivity (Wildman–Crippen MR) is 99.5 cm³/mol. The summed E-state index contributed by atoms with van der Waals surface area (Å²) < 4.78 is 12.9. The van der Waals surface area contributed by atoms with Crippen molar-refractivity contribution >= 4 is 23.6 Å². The number of anilines is 1. The van der Waals surface area contributed by atoms with E-state index in [2.05, 4.69) is 20.4 Å². The van der Waals surface area contributed by atoms with Crippen LogP contribution in [0, 0.1) is 0 Å². The largest absolute Gasteiger partial charge is 0.467 e. The molecule has 0 bridgehead atoms. The summed E-state index contributed by atoms with van der Waals surface area (Å²) in [6, 6.07) is 3.78. The van der Waals surface area contributed by atoms with Gasteiger partial charge in [0.05, 0.1) is 31.8 Å². The molecule has 3 heterocycles. The number of rotatable bonds is 6. The van der Waals surface area contributed by atoms with E-state index in [-0.39, 0.29) is 17.2 Å². The highest BCUT2D eigenvalue weighted by Gasteiger charge is 2.22. The number of furan rings is 1. The Morgan fingerprint density at radius 1 is 1.31 bits per heavy atom. The minimum atomic E-state index is -0.252. The first-order valence-corrected chi connectivity index (χ1v) is 9.63. The van der Waals surface area contributed by atoms with Crippen LogP contribution in [-0.2, 0) is 16.1 Å². The van der Waals surface area contributed by atoms with Gasteiger partial charge in [-0.3, -0.25) is 9.36 Å². The molecule has 1 amide bonds. The van der Waals surface area contributed by atoms with Gasteiger partial charge in [0.1, 0.15) is 5.76 Å². The van der Waals surface area contributed by atoms with E-state index in [1.54, 1.807) is 6.26 Å². The summed E-state index contributed by atoms with van der Waals surface area (Å²) in [5.41, 5.74) is -0.252. The summed E-state index contributed by atoms with van der Waals surface area (Å²) in [5, 5.41) is 12.3. The third-order valence-electron chi connectivity index (χ3n) is 3.73. The van der Waals surface area contributed by atoms with Crippen LogP contribution in [0.5, 0.6) is 0 Å². The summed E-state index contributed by atoms with van der Waals surface area (Å²) in [4.78, 5) is 14.3. The van der Waals surface area contributed by atoms with Crippen molar-refractivity contribution in [2.45, 2.75) is 38.0 Å². The molecule has 26 heavy (non-hydrogen) atoms. The molecule has 1 fully saturated rings. The topological polar surface area (TPSA) is 85.4 Å². The van der Waals surface area contributed by atoms with Crippen molar-refractivity contribution in [1.82, 2.24) is 20.1 Å². The molecule has 2 aromatic heterocycles. The molecule has 0 aliphatic carbocycles. The molecule has 0 radical (unpaired) electrons. The number of carbonyl (C=O) groups is 1. The number of amides is 1. The minimum Gasteiger partial charge on any atom is -0.467 e. The van der Waals surface area contributed by atoms with Crippen LogP contribution in [0.25, 0.3) is 0 Å². The van der Waals surface area contributed by atoms with Crippen LogP contribution in [0.1, 0.15) is 26.5 Å². The lowest BCUT2D eigenvalue weighted by molar-refractivity contribution is -0.119. The minimum absolute atomic E-state index is 0.0250. The molecule has 0 aromatic carbocycles. The first kappa shape index (κ1) is 18.8. The SMILES string of the molecule is CC(C)(C)NC(=O)CSc1nnc(N2CCOCC2)n1Cc1ccco1. The molecule has 142 valence electrons. The lowest BCUT2D eigenvalue weighted by atomic mass is 10.1. The number of carbonyl (C=O) groups excluding carboxylic acids is 1. The highest BCUT2D eigenvalue weighted by atomic mass is 32.2. The highest BCUT2D eigenvalue weighted by molar-refractivity contribution is 7.99. The number of thioether (sulfide) groups is 1. The van der Waals surface area contributed by atoms with Crippen LogP contribution in [-0.4, -0.2) is 58.3 Å². The molecule has 1 aliphatic heterocycles. The van der Waals surface area contributed by atoms with Crippen molar-refractivity contribution in [2.75, 3.05) is 37.0 Å². The highest BCUT2D eigenvalue weighted by Crippen LogP contribution is 2.24. The molecule has 3 rings (SSSR count). The number of aromatic nitrogens is 3. The van der Waals surface area contributed by atoms with E-state index < -0.39 is 0 Å². The summed E-state index contributed by atoms with van der Waals surface area (Å²) in [6.07, 6.45) is 1.65. The summed E-state index contributed by atoms with van der Waals surface area (Å²) in [7, 11) is 0. The molecule has 0 spiro atoms. The van der Waals surface area contributed by atoms with Gasteiger partial charge < -0.3 is 19.4 Å². The summed E-state index contributed by atoms with van der Waals surface area (Å²) in [6.45, 7) is 9.30. The third kappa shape index (κ3) is 5.01. The van der Waals surface area contributed by atoms with Crippen molar-refractivity contribution in [3.63, 3.8) is 0 Å². The molecular weight excluding hydrogens is 354 g/mol. The zero-order chi connectivity index (χ0) is 18.6. The molecule has 1 N–H and O–H groups in total. The number of morpholine rings is 1. The fraction of sp³-hybridized carbons (Fsp3) is 0.588. The van der Waals surface area contributed by atoms with E-state index in [4.69, 9.17) is 9.15 Å². The van der Waals surface area contributed by atoms with Gasteiger partial charge >= 0.3 is 0 Å². The maximum absolute atomic E-state index is 12.1. The molecule has 1 aliphatic rings. The number of hydrogen-bond donors (Lipinski definition) is 1. The van der Waals surface area contributed by atoms with Gasteiger partial charge in [-0.15, -0.1) is 10.2 Å². The van der Waals surface area contributed by atoms with Gasteiger partial charge in [-0.05, 0) is 32.9 Å².